The van der Waals surface area contributed by atoms with E-state index in [4.69, 9.17) is 0 Å². The van der Waals surface area contributed by atoms with Crippen molar-refractivity contribution in [1.29, 1.82) is 0 Å². The van der Waals surface area contributed by atoms with E-state index in [-0.39, 0.29) is 26.3 Å². The molecule has 0 saturated carbocycles. The average Bonchev–Trinajstić information content (AvgIpc) is 1.41. The van der Waals surface area contributed by atoms with Gasteiger partial charge in [-0.2, -0.15) is 6.42 Å². The first-order chi connectivity index (χ1) is 2.41. The predicted molar refractivity (Wildman–Crippen MR) is 30.2 cm³/mol. The van der Waals surface area contributed by atoms with Crippen LogP contribution in [-0.4, -0.2) is 0 Å². The average molecular weight is 279 g/mol. The zero-order valence-corrected chi connectivity index (χ0v) is 7.13. The molecule has 0 saturated heterocycles. The molecule has 0 aliphatic heterocycles. The Labute approximate surface area is 59.8 Å². The maximum atomic E-state index is 3.68. The van der Waals surface area contributed by atoms with Crippen LogP contribution >= 0.6 is 0 Å². The van der Waals surface area contributed by atoms with Gasteiger partial charge in [-0.1, -0.05) is 19.8 Å². The summed E-state index contributed by atoms with van der Waals surface area (Å²) in [5.41, 5.74) is 0. The number of hydrogen-bond donors (Lipinski definition) is 0. The van der Waals surface area contributed by atoms with Crippen molar-refractivity contribution in [2.24, 2.45) is 0 Å². The van der Waals surface area contributed by atoms with Gasteiger partial charge in [0.05, 0.1) is 0 Å². The van der Waals surface area contributed by atoms with Crippen LogP contribution in [0.2, 0.25) is 0 Å². The predicted octanol–water partition coefficient (Wildman–Crippen LogP) is 2.73. The maximum absolute atomic E-state index is 3.68. The van der Waals surface area contributed by atoms with Gasteiger partial charge in [0.15, 0.2) is 0 Å². The van der Waals surface area contributed by atoms with E-state index in [1.807, 2.05) is 0 Å². The van der Waals surface area contributed by atoms with E-state index in [9.17, 15) is 0 Å². The molecule has 2 heteroatoms. The van der Waals surface area contributed by atoms with Gasteiger partial charge in [-0.15, -0.1) is 0 Å². The minimum absolute atomic E-state index is 0. The summed E-state index contributed by atoms with van der Waals surface area (Å²) >= 11 is 0. The molecule has 0 fully saturated rings. The summed E-state index contributed by atoms with van der Waals surface area (Å²) in [6, 6.07) is 0. The molecular weight excluding hydrogens is 266 g/mol. The van der Waals surface area contributed by atoms with Crippen LogP contribution in [0.25, 0.3) is 6.15 Å². The van der Waals surface area contributed by atoms with Crippen molar-refractivity contribution in [3.63, 3.8) is 0 Å². The molecule has 0 rings (SSSR count). The minimum atomic E-state index is 0. The van der Waals surface area contributed by atoms with Gasteiger partial charge in [0, 0.05) is 20.1 Å². The Balaban J connectivity index is -0.0000000800. The first-order valence-corrected chi connectivity index (χ1v) is 2.21. The summed E-state index contributed by atoms with van der Waals surface area (Å²) in [7, 11) is 0. The van der Waals surface area contributed by atoms with E-state index < -0.39 is 0 Å². The molecule has 0 spiro atoms. The minimum Gasteiger partial charge on any atom is -0.693 e. The molecule has 2 N–H and O–H groups in total. The summed E-state index contributed by atoms with van der Waals surface area (Å²) in [4.78, 5) is 0. The Hall–Kier alpha value is 0.609. The van der Waals surface area contributed by atoms with Crippen molar-refractivity contribution in [3.8, 4) is 0 Å². The molecular formula is C5H13IrN-2. The van der Waals surface area contributed by atoms with Crippen LogP contribution in [0.5, 0.6) is 0 Å². The van der Waals surface area contributed by atoms with Crippen molar-refractivity contribution in [1.82, 2.24) is 0 Å². The third-order valence-electron chi connectivity index (χ3n) is 0.604. The smallest absolute Gasteiger partial charge is 0 e. The van der Waals surface area contributed by atoms with Crippen molar-refractivity contribution in [2.45, 2.75) is 26.2 Å². The molecule has 0 aliphatic rings. The van der Waals surface area contributed by atoms with E-state index in [0.717, 1.165) is 6.42 Å². The van der Waals surface area contributed by atoms with Gasteiger partial charge in [0.25, 0.3) is 0 Å². The van der Waals surface area contributed by atoms with Gasteiger partial charge < -0.3 is 13.1 Å². The van der Waals surface area contributed by atoms with Gasteiger partial charge in [0.1, 0.15) is 0 Å². The fraction of sp³-hybridized carbons (Fsp3) is 0.800. The summed E-state index contributed by atoms with van der Waals surface area (Å²) in [6.45, 7) is 5.85. The van der Waals surface area contributed by atoms with Crippen LogP contribution in [0.15, 0.2) is 0 Å². The van der Waals surface area contributed by atoms with Crippen LogP contribution in [0.1, 0.15) is 26.2 Å². The fourth-order valence-corrected chi connectivity index (χ4v) is 0.250. The van der Waals surface area contributed by atoms with Crippen LogP contribution < -0.4 is 0 Å². The topological polar surface area (TPSA) is 33.5 Å². The Morgan fingerprint density at radius 2 is 1.86 bits per heavy atom. The summed E-state index contributed by atoms with van der Waals surface area (Å²) in [5, 5.41) is 0. The molecule has 0 aliphatic carbocycles. The Kier molecular flexibility index (Phi) is 35.7. The molecule has 1 radical (unpaired) electrons. The molecule has 0 aromatic carbocycles. The van der Waals surface area contributed by atoms with E-state index in [2.05, 4.69) is 13.8 Å². The second-order valence-corrected chi connectivity index (χ2v) is 1.21. The summed E-state index contributed by atoms with van der Waals surface area (Å²) in [6.07, 6.45) is 3.65. The van der Waals surface area contributed by atoms with Gasteiger partial charge in [0.2, 0.25) is 0 Å². The third kappa shape index (κ3) is 20.6. The summed E-state index contributed by atoms with van der Waals surface area (Å²) < 4.78 is 0. The van der Waals surface area contributed by atoms with Crippen LogP contribution in [0.4, 0.5) is 0 Å². The second-order valence-electron chi connectivity index (χ2n) is 1.21. The molecule has 0 aromatic heterocycles. The fourth-order valence-electron chi connectivity index (χ4n) is 0.250. The van der Waals surface area contributed by atoms with Gasteiger partial charge in [-0.3, -0.25) is 0 Å². The van der Waals surface area contributed by atoms with Gasteiger partial charge >= 0.3 is 0 Å². The van der Waals surface area contributed by atoms with Crippen LogP contribution in [0, 0.1) is 6.92 Å². The molecule has 0 aromatic rings. The Morgan fingerprint density at radius 1 is 1.43 bits per heavy atom. The van der Waals surface area contributed by atoms with Crippen LogP contribution in [0.3, 0.4) is 0 Å². The Bertz CT molecular complexity index is 15.6. The standard InChI is InChI=1S/C5H11.Ir.H2N/c1-3-5-4-2;;/h1,3-5H2,2H3;;1H2/q-1;;-1. The summed E-state index contributed by atoms with van der Waals surface area (Å²) in [5.74, 6) is 0. The molecule has 0 amide bonds. The normalized spacial score (nSPS) is 6.00. The Morgan fingerprint density at radius 3 is 1.86 bits per heavy atom. The van der Waals surface area contributed by atoms with Crippen molar-refractivity contribution < 1.29 is 20.1 Å². The van der Waals surface area contributed by atoms with Crippen molar-refractivity contribution in [3.05, 3.63) is 13.1 Å². The number of rotatable bonds is 2. The molecule has 0 unspecified atom stereocenters. The van der Waals surface area contributed by atoms with Gasteiger partial charge in [-0.05, 0) is 0 Å². The monoisotopic (exact) mass is 280 g/mol. The van der Waals surface area contributed by atoms with Crippen molar-refractivity contribution >= 4 is 0 Å². The SMILES string of the molecule is [CH2-]CCCC.[Ir].[NH2-]. The largest absolute Gasteiger partial charge is 0.693 e. The zero-order valence-electron chi connectivity index (χ0n) is 4.74. The van der Waals surface area contributed by atoms with E-state index in [0.29, 0.717) is 0 Å². The quantitative estimate of drug-likeness (QED) is 0.697. The van der Waals surface area contributed by atoms with Gasteiger partial charge in [-0.25, -0.2) is 0 Å². The number of hydrogen-bond acceptors (Lipinski definition) is 0. The maximum Gasteiger partial charge on any atom is 0 e. The first kappa shape index (κ1) is 15.6. The first-order valence-electron chi connectivity index (χ1n) is 2.21. The molecule has 1 nitrogen and oxygen atoms in total. The van der Waals surface area contributed by atoms with E-state index in [1.165, 1.54) is 12.8 Å². The molecule has 0 atom stereocenters. The van der Waals surface area contributed by atoms with Crippen molar-refractivity contribution in [2.75, 3.05) is 0 Å². The molecule has 49 valence electrons. The number of unbranched alkanes of at least 4 members (excludes halogenated alkanes) is 2. The zero-order chi connectivity index (χ0) is 4.12. The number of nitrogens with two attached hydrogens (primary N) is 1. The van der Waals surface area contributed by atoms with Crippen LogP contribution in [-0.2, 0) is 20.1 Å². The molecule has 0 bridgehead atoms. The molecule has 0 heterocycles. The van der Waals surface area contributed by atoms with E-state index >= 15 is 0 Å². The second kappa shape index (κ2) is 16.0. The molecule has 7 heavy (non-hydrogen) atoms. The van der Waals surface area contributed by atoms with E-state index in [1.54, 1.807) is 0 Å². The third-order valence-corrected chi connectivity index (χ3v) is 0.604.